The van der Waals surface area contributed by atoms with Crippen LogP contribution >= 0.6 is 0 Å². The van der Waals surface area contributed by atoms with Crippen molar-refractivity contribution in [2.24, 2.45) is 0 Å². The minimum atomic E-state index is -0.452. The van der Waals surface area contributed by atoms with Crippen LogP contribution in [0.4, 0.5) is 8.78 Å². The standard InChI is InChI=1S/C22H22F2N2O/c1-15-5-8-21(27)16(12-15)14-26-11-3-10-25-9-2-4-20(25)22(26)18-13-17(23)6-7-19(18)24/h2,4-9,12-13,22,27H,3,10-11,14H2,1H3. The third-order valence-electron chi connectivity index (χ3n) is 5.22. The normalized spacial score (nSPS) is 17.5. The average Bonchev–Trinajstić information content (AvgIpc) is 3.02. The molecule has 3 aromatic rings. The van der Waals surface area contributed by atoms with Gasteiger partial charge in [-0.2, -0.15) is 0 Å². The van der Waals surface area contributed by atoms with Gasteiger partial charge in [0.2, 0.25) is 0 Å². The van der Waals surface area contributed by atoms with E-state index in [-0.39, 0.29) is 5.75 Å². The van der Waals surface area contributed by atoms with Crippen molar-refractivity contribution >= 4 is 0 Å². The van der Waals surface area contributed by atoms with Crippen LogP contribution in [-0.2, 0) is 13.1 Å². The Labute approximate surface area is 157 Å². The highest BCUT2D eigenvalue weighted by molar-refractivity contribution is 5.37. The van der Waals surface area contributed by atoms with Crippen molar-refractivity contribution in [3.8, 4) is 5.75 Å². The number of phenolic OH excluding ortho intramolecular Hbond substituents is 1. The maximum atomic E-state index is 14.7. The summed E-state index contributed by atoms with van der Waals surface area (Å²) in [7, 11) is 0. The molecule has 0 aliphatic carbocycles. The molecule has 0 radical (unpaired) electrons. The molecule has 27 heavy (non-hydrogen) atoms. The molecule has 1 aromatic heterocycles. The Bertz CT molecular complexity index is 967. The Hall–Kier alpha value is -2.66. The largest absolute Gasteiger partial charge is 0.508 e. The van der Waals surface area contributed by atoms with Gasteiger partial charge in [0, 0.05) is 42.7 Å². The third-order valence-corrected chi connectivity index (χ3v) is 5.22. The summed E-state index contributed by atoms with van der Waals surface area (Å²) < 4.78 is 30.7. The number of phenols is 1. The number of aryl methyl sites for hydroxylation is 2. The molecule has 4 rings (SSSR count). The molecule has 140 valence electrons. The number of benzene rings is 2. The molecule has 1 unspecified atom stereocenters. The molecule has 0 saturated heterocycles. The van der Waals surface area contributed by atoms with Gasteiger partial charge in [0.05, 0.1) is 6.04 Å². The fourth-order valence-electron chi connectivity index (χ4n) is 3.95. The van der Waals surface area contributed by atoms with Gasteiger partial charge in [-0.3, -0.25) is 4.90 Å². The van der Waals surface area contributed by atoms with E-state index in [9.17, 15) is 13.9 Å². The first-order chi connectivity index (χ1) is 13.0. The number of hydrogen-bond donors (Lipinski definition) is 1. The van der Waals surface area contributed by atoms with E-state index >= 15 is 0 Å². The predicted molar refractivity (Wildman–Crippen MR) is 101 cm³/mol. The zero-order valence-corrected chi connectivity index (χ0v) is 15.2. The first-order valence-corrected chi connectivity index (χ1v) is 9.15. The molecule has 1 atom stereocenters. The summed E-state index contributed by atoms with van der Waals surface area (Å²) in [6.07, 6.45) is 2.87. The number of aromatic nitrogens is 1. The van der Waals surface area contributed by atoms with Crippen LogP contribution in [0.25, 0.3) is 0 Å². The molecular formula is C22H22F2N2O. The van der Waals surface area contributed by atoms with Crippen molar-refractivity contribution < 1.29 is 13.9 Å². The zero-order chi connectivity index (χ0) is 19.0. The maximum Gasteiger partial charge on any atom is 0.128 e. The van der Waals surface area contributed by atoms with E-state index in [1.165, 1.54) is 12.1 Å². The van der Waals surface area contributed by atoms with Crippen LogP contribution in [0.1, 0.15) is 34.8 Å². The second-order valence-corrected chi connectivity index (χ2v) is 7.15. The second kappa shape index (κ2) is 7.16. The van der Waals surface area contributed by atoms with E-state index in [2.05, 4.69) is 9.47 Å². The first kappa shape index (κ1) is 17.7. The van der Waals surface area contributed by atoms with Gasteiger partial charge in [0.1, 0.15) is 17.4 Å². The second-order valence-electron chi connectivity index (χ2n) is 7.15. The Morgan fingerprint density at radius 3 is 2.78 bits per heavy atom. The summed E-state index contributed by atoms with van der Waals surface area (Å²) in [4.78, 5) is 2.12. The van der Waals surface area contributed by atoms with Crippen LogP contribution in [0.5, 0.6) is 5.75 Å². The predicted octanol–water partition coefficient (Wildman–Crippen LogP) is 4.78. The number of fused-ring (bicyclic) bond motifs is 1. The molecule has 0 saturated carbocycles. The fraction of sp³-hybridized carbons (Fsp3) is 0.273. The van der Waals surface area contributed by atoms with Gasteiger partial charge in [-0.05, 0) is 49.7 Å². The number of halogens is 2. The van der Waals surface area contributed by atoms with Gasteiger partial charge in [0.25, 0.3) is 0 Å². The molecule has 0 fully saturated rings. The van der Waals surface area contributed by atoms with E-state index < -0.39 is 17.7 Å². The summed E-state index contributed by atoms with van der Waals surface area (Å²) >= 11 is 0. The van der Waals surface area contributed by atoms with E-state index in [1.54, 1.807) is 6.07 Å². The molecule has 0 amide bonds. The minimum absolute atomic E-state index is 0.221. The van der Waals surface area contributed by atoms with Crippen molar-refractivity contribution in [3.05, 3.63) is 88.7 Å². The molecule has 0 spiro atoms. The molecule has 1 aliphatic heterocycles. The van der Waals surface area contributed by atoms with Crippen LogP contribution in [0.3, 0.4) is 0 Å². The molecular weight excluding hydrogens is 346 g/mol. The van der Waals surface area contributed by atoms with Gasteiger partial charge in [-0.15, -0.1) is 0 Å². The van der Waals surface area contributed by atoms with Crippen LogP contribution < -0.4 is 0 Å². The average molecular weight is 368 g/mol. The van der Waals surface area contributed by atoms with Crippen LogP contribution in [0.2, 0.25) is 0 Å². The minimum Gasteiger partial charge on any atom is -0.508 e. The SMILES string of the molecule is Cc1ccc(O)c(CN2CCCn3cccc3C2c2cc(F)ccc2F)c1. The van der Waals surface area contributed by atoms with E-state index in [4.69, 9.17) is 0 Å². The maximum absolute atomic E-state index is 14.7. The molecule has 5 heteroatoms. The van der Waals surface area contributed by atoms with E-state index in [0.29, 0.717) is 12.1 Å². The Morgan fingerprint density at radius 2 is 1.93 bits per heavy atom. The lowest BCUT2D eigenvalue weighted by Gasteiger charge is -2.31. The summed E-state index contributed by atoms with van der Waals surface area (Å²) in [6.45, 7) is 3.97. The molecule has 2 aromatic carbocycles. The quantitative estimate of drug-likeness (QED) is 0.721. The van der Waals surface area contributed by atoms with Crippen molar-refractivity contribution in [1.29, 1.82) is 0 Å². The van der Waals surface area contributed by atoms with Gasteiger partial charge < -0.3 is 9.67 Å². The van der Waals surface area contributed by atoms with E-state index in [1.807, 2.05) is 37.4 Å². The van der Waals surface area contributed by atoms with Crippen molar-refractivity contribution in [1.82, 2.24) is 9.47 Å². The fourth-order valence-corrected chi connectivity index (χ4v) is 3.95. The lowest BCUT2D eigenvalue weighted by molar-refractivity contribution is 0.213. The van der Waals surface area contributed by atoms with Gasteiger partial charge in [-0.25, -0.2) is 8.78 Å². The Balaban J connectivity index is 1.81. The van der Waals surface area contributed by atoms with Gasteiger partial charge in [0.15, 0.2) is 0 Å². The topological polar surface area (TPSA) is 28.4 Å². The summed E-state index contributed by atoms with van der Waals surface area (Å²) in [5.41, 5.74) is 3.10. The van der Waals surface area contributed by atoms with Crippen molar-refractivity contribution in [2.75, 3.05) is 6.54 Å². The van der Waals surface area contributed by atoms with Crippen molar-refractivity contribution in [2.45, 2.75) is 32.5 Å². The smallest absolute Gasteiger partial charge is 0.128 e. The monoisotopic (exact) mass is 368 g/mol. The third kappa shape index (κ3) is 3.47. The number of rotatable bonds is 3. The zero-order valence-electron chi connectivity index (χ0n) is 15.2. The van der Waals surface area contributed by atoms with Gasteiger partial charge in [-0.1, -0.05) is 17.7 Å². The number of nitrogens with zero attached hydrogens (tertiary/aromatic N) is 2. The molecule has 3 nitrogen and oxygen atoms in total. The first-order valence-electron chi connectivity index (χ1n) is 9.15. The lowest BCUT2D eigenvalue weighted by Crippen LogP contribution is -2.30. The molecule has 2 heterocycles. The molecule has 1 N–H and O–H groups in total. The summed E-state index contributed by atoms with van der Waals surface area (Å²) in [5.74, 6) is -0.652. The van der Waals surface area contributed by atoms with Crippen LogP contribution in [0.15, 0.2) is 54.7 Å². The number of hydrogen-bond acceptors (Lipinski definition) is 2. The van der Waals surface area contributed by atoms with Crippen LogP contribution in [-0.4, -0.2) is 21.1 Å². The Kier molecular flexibility index (Phi) is 4.70. The Morgan fingerprint density at radius 1 is 1.07 bits per heavy atom. The molecule has 1 aliphatic rings. The lowest BCUT2D eigenvalue weighted by atomic mass is 9.99. The highest BCUT2D eigenvalue weighted by Gasteiger charge is 2.30. The summed E-state index contributed by atoms with van der Waals surface area (Å²) in [5, 5.41) is 10.3. The van der Waals surface area contributed by atoms with Crippen molar-refractivity contribution in [3.63, 3.8) is 0 Å². The summed E-state index contributed by atoms with van der Waals surface area (Å²) in [6, 6.07) is 12.6. The highest BCUT2D eigenvalue weighted by Crippen LogP contribution is 2.35. The highest BCUT2D eigenvalue weighted by atomic mass is 19.1. The molecule has 0 bridgehead atoms. The van der Waals surface area contributed by atoms with Gasteiger partial charge >= 0.3 is 0 Å². The van der Waals surface area contributed by atoms with Crippen LogP contribution in [0, 0.1) is 18.6 Å². The van der Waals surface area contributed by atoms with E-state index in [0.717, 1.165) is 42.4 Å². The number of aromatic hydroxyl groups is 1.